The van der Waals surface area contributed by atoms with Gasteiger partial charge in [0.2, 0.25) is 6.10 Å². The Bertz CT molecular complexity index is 1030. The summed E-state index contributed by atoms with van der Waals surface area (Å²) in [5.41, 5.74) is 1.41. The molecular formula is C18H16F6N4O2S2. The maximum atomic E-state index is 12.5. The van der Waals surface area contributed by atoms with Gasteiger partial charge in [0, 0.05) is 11.6 Å². The van der Waals surface area contributed by atoms with Crippen molar-refractivity contribution < 1.29 is 36.2 Å². The van der Waals surface area contributed by atoms with Crippen LogP contribution >= 0.6 is 22.7 Å². The molecule has 0 saturated heterocycles. The zero-order valence-electron chi connectivity index (χ0n) is 16.5. The molecule has 0 saturated carbocycles. The Balaban J connectivity index is 1.64. The third kappa shape index (κ3) is 5.94. The van der Waals surface area contributed by atoms with Gasteiger partial charge in [0.25, 0.3) is 0 Å². The Kier molecular flexibility index (Phi) is 7.07. The number of aliphatic hydroxyl groups excluding tert-OH is 1. The summed E-state index contributed by atoms with van der Waals surface area (Å²) in [6.07, 6.45) is -14.6. The number of alkyl halides is 6. The Labute approximate surface area is 185 Å². The fourth-order valence-corrected chi connectivity index (χ4v) is 4.26. The molecule has 0 bridgehead atoms. The van der Waals surface area contributed by atoms with E-state index in [0.717, 1.165) is 16.8 Å². The summed E-state index contributed by atoms with van der Waals surface area (Å²) < 4.78 is 79.2. The smallest absolute Gasteiger partial charge is 0.386 e. The third-order valence-electron chi connectivity index (χ3n) is 3.98. The first-order valence-electron chi connectivity index (χ1n) is 8.93. The van der Waals surface area contributed by atoms with Crippen molar-refractivity contribution in [1.29, 1.82) is 0 Å². The van der Waals surface area contributed by atoms with Crippen LogP contribution in [-0.2, 0) is 11.3 Å². The molecule has 0 aromatic carbocycles. The molecule has 0 aliphatic carbocycles. The van der Waals surface area contributed by atoms with E-state index in [1.165, 1.54) is 34.8 Å². The van der Waals surface area contributed by atoms with Gasteiger partial charge in [-0.1, -0.05) is 6.07 Å². The van der Waals surface area contributed by atoms with Gasteiger partial charge in [0.05, 0.1) is 22.9 Å². The number of aryl methyl sites for hydroxylation is 1. The normalized spacial score (nSPS) is 13.6. The summed E-state index contributed by atoms with van der Waals surface area (Å²) in [6, 6.07) is 2.69. The van der Waals surface area contributed by atoms with Crippen LogP contribution in [0.1, 0.15) is 29.3 Å². The lowest BCUT2D eigenvalue weighted by atomic mass is 10.3. The fraction of sp³-hybridized carbons (Fsp3) is 0.389. The van der Waals surface area contributed by atoms with Gasteiger partial charge in [-0.25, -0.2) is 15.0 Å². The van der Waals surface area contributed by atoms with Gasteiger partial charge in [0.15, 0.2) is 5.13 Å². The predicted molar refractivity (Wildman–Crippen MR) is 107 cm³/mol. The van der Waals surface area contributed by atoms with Crippen molar-refractivity contribution in [2.24, 2.45) is 0 Å². The molecule has 0 spiro atoms. The Morgan fingerprint density at radius 1 is 1.12 bits per heavy atom. The second-order valence-corrected chi connectivity index (χ2v) is 8.52. The Morgan fingerprint density at radius 2 is 1.81 bits per heavy atom. The number of hydrogen-bond acceptors (Lipinski definition) is 8. The molecule has 3 rings (SSSR count). The molecule has 0 amide bonds. The number of nitrogens with one attached hydrogen (secondary N) is 1. The number of pyridine rings is 1. The first-order valence-corrected chi connectivity index (χ1v) is 10.6. The summed E-state index contributed by atoms with van der Waals surface area (Å²) in [5, 5.41) is 15.4. The van der Waals surface area contributed by atoms with E-state index in [1.807, 2.05) is 0 Å². The summed E-state index contributed by atoms with van der Waals surface area (Å²) in [7, 11) is 0. The first kappa shape index (κ1) is 24.4. The largest absolute Gasteiger partial charge is 0.423 e. The zero-order chi connectivity index (χ0) is 23.7. The van der Waals surface area contributed by atoms with Gasteiger partial charge in [-0.15, -0.1) is 22.7 Å². The topological polar surface area (TPSA) is 80.2 Å². The van der Waals surface area contributed by atoms with Crippen molar-refractivity contribution >= 4 is 33.6 Å². The Hall–Kier alpha value is -2.29. The van der Waals surface area contributed by atoms with Gasteiger partial charge >= 0.3 is 12.4 Å². The van der Waals surface area contributed by atoms with Crippen LogP contribution in [0.4, 0.5) is 37.3 Å². The average Bonchev–Trinajstić information content (AvgIpc) is 3.27. The number of aromatic nitrogens is 3. The van der Waals surface area contributed by atoms with Gasteiger partial charge in [0.1, 0.15) is 16.9 Å². The van der Waals surface area contributed by atoms with Gasteiger partial charge in [-0.05, 0) is 25.5 Å². The lowest BCUT2D eigenvalue weighted by Gasteiger charge is -2.23. The highest BCUT2D eigenvalue weighted by Gasteiger charge is 2.57. The predicted octanol–water partition coefficient (Wildman–Crippen LogP) is 5.78. The van der Waals surface area contributed by atoms with Crippen LogP contribution in [0, 0.1) is 6.92 Å². The van der Waals surface area contributed by atoms with Crippen molar-refractivity contribution in [1.82, 2.24) is 15.0 Å². The van der Waals surface area contributed by atoms with Gasteiger partial charge < -0.3 is 15.2 Å². The monoisotopic (exact) mass is 498 g/mol. The fourth-order valence-electron chi connectivity index (χ4n) is 2.52. The molecule has 0 fully saturated rings. The second kappa shape index (κ2) is 9.29. The maximum Gasteiger partial charge on any atom is 0.423 e. The summed E-state index contributed by atoms with van der Waals surface area (Å²) >= 11 is 2.59. The molecular weight excluding hydrogens is 482 g/mol. The molecule has 0 aliphatic heterocycles. The minimum atomic E-state index is -5.57. The van der Waals surface area contributed by atoms with Crippen molar-refractivity contribution in [3.05, 3.63) is 40.0 Å². The highest BCUT2D eigenvalue weighted by molar-refractivity contribution is 7.17. The van der Waals surface area contributed by atoms with E-state index < -0.39 is 31.2 Å². The number of rotatable bonds is 7. The van der Waals surface area contributed by atoms with E-state index in [1.54, 1.807) is 19.2 Å². The lowest BCUT2D eigenvalue weighted by molar-refractivity contribution is -0.324. The van der Waals surface area contributed by atoms with E-state index in [9.17, 15) is 31.4 Å². The average molecular weight is 498 g/mol. The van der Waals surface area contributed by atoms with Crippen molar-refractivity contribution in [2.75, 3.05) is 5.32 Å². The molecule has 0 radical (unpaired) electrons. The van der Waals surface area contributed by atoms with E-state index in [-0.39, 0.29) is 5.56 Å². The van der Waals surface area contributed by atoms with Crippen molar-refractivity contribution in [3.8, 4) is 10.6 Å². The highest BCUT2D eigenvalue weighted by Crippen LogP contribution is 2.37. The number of hydrogen-bond donors (Lipinski definition) is 2. The number of thiazole rings is 2. The van der Waals surface area contributed by atoms with Gasteiger partial charge in [-0.3, -0.25) is 0 Å². The number of anilines is 2. The van der Waals surface area contributed by atoms with E-state index in [4.69, 9.17) is 0 Å². The molecule has 174 valence electrons. The molecule has 14 heteroatoms. The second-order valence-electron chi connectivity index (χ2n) is 6.63. The molecule has 6 nitrogen and oxygen atoms in total. The summed E-state index contributed by atoms with van der Waals surface area (Å²) in [5.74, 6) is 0.295. The van der Waals surface area contributed by atoms with Crippen LogP contribution in [0.2, 0.25) is 0 Å². The van der Waals surface area contributed by atoms with Crippen LogP contribution in [-0.4, -0.2) is 38.5 Å². The van der Waals surface area contributed by atoms with Crippen molar-refractivity contribution in [3.63, 3.8) is 0 Å². The first-order chi connectivity index (χ1) is 14.8. The van der Waals surface area contributed by atoms with Crippen LogP contribution < -0.4 is 5.32 Å². The molecule has 3 aromatic rings. The number of ether oxygens (including phenoxy) is 1. The number of nitrogens with zero attached hydrogens (tertiary/aromatic N) is 3. The van der Waals surface area contributed by atoms with E-state index >= 15 is 0 Å². The SMILES string of the molecule is Cc1nc([C@H](C)O)sc1-c1csc(Nc2ccc(COC(C(F)(F)F)C(F)(F)F)cn2)n1. The summed E-state index contributed by atoms with van der Waals surface area (Å²) in [4.78, 5) is 13.5. The molecule has 3 heterocycles. The number of aliphatic hydroxyl groups is 1. The van der Waals surface area contributed by atoms with Gasteiger partial charge in [-0.2, -0.15) is 26.3 Å². The molecule has 3 aromatic heterocycles. The van der Waals surface area contributed by atoms with Crippen LogP contribution in [0.15, 0.2) is 23.7 Å². The third-order valence-corrected chi connectivity index (χ3v) is 6.09. The zero-order valence-corrected chi connectivity index (χ0v) is 18.1. The molecule has 2 N–H and O–H groups in total. The van der Waals surface area contributed by atoms with Crippen LogP contribution in [0.25, 0.3) is 10.6 Å². The standard InChI is InChI=1S/C18H16F6N4O2S2/c1-8-13(32-14(26-8)9(2)29)11-7-31-16(27-11)28-12-4-3-10(5-25-12)6-30-15(17(19,20)21)18(22,23)24/h3-5,7,9,15,29H,6H2,1-2H3,(H,25,27,28)/t9-/m0/s1. The minimum absolute atomic E-state index is 0.0415. The van der Waals surface area contributed by atoms with Crippen molar-refractivity contribution in [2.45, 2.75) is 45.0 Å². The lowest BCUT2D eigenvalue weighted by Crippen LogP contribution is -2.44. The quantitative estimate of drug-likeness (QED) is 0.402. The molecule has 0 aliphatic rings. The van der Waals surface area contributed by atoms with E-state index in [2.05, 4.69) is 25.0 Å². The van der Waals surface area contributed by atoms with E-state index in [0.29, 0.717) is 21.7 Å². The van der Waals surface area contributed by atoms with Crippen LogP contribution in [0.3, 0.4) is 0 Å². The highest BCUT2D eigenvalue weighted by atomic mass is 32.1. The molecule has 1 atom stereocenters. The van der Waals surface area contributed by atoms with Crippen LogP contribution in [0.5, 0.6) is 0 Å². The molecule has 32 heavy (non-hydrogen) atoms. The minimum Gasteiger partial charge on any atom is -0.386 e. The maximum absolute atomic E-state index is 12.5. The summed E-state index contributed by atoms with van der Waals surface area (Å²) in [6.45, 7) is 2.51. The number of halogens is 6. The Morgan fingerprint density at radius 3 is 2.34 bits per heavy atom. The molecule has 0 unspecified atom stereocenters.